The van der Waals surface area contributed by atoms with Crippen LogP contribution in [0.4, 0.5) is 11.5 Å². The third kappa shape index (κ3) is 2.91. The Bertz CT molecular complexity index is 844. The summed E-state index contributed by atoms with van der Waals surface area (Å²) in [5.74, 6) is 0.377. The molecule has 0 aliphatic carbocycles. The number of nitrogens with one attached hydrogen (secondary N) is 1. The van der Waals surface area contributed by atoms with Crippen molar-refractivity contribution in [1.82, 2.24) is 4.98 Å². The highest BCUT2D eigenvalue weighted by Crippen LogP contribution is 2.28. The van der Waals surface area contributed by atoms with Crippen LogP contribution in [-0.4, -0.2) is 10.9 Å². The smallest absolute Gasteiger partial charge is 0.266 e. The fourth-order valence-corrected chi connectivity index (χ4v) is 3.12. The van der Waals surface area contributed by atoms with Gasteiger partial charge in [-0.3, -0.25) is 4.79 Å². The molecule has 0 aliphatic heterocycles. The molecule has 1 aromatic carbocycles. The van der Waals surface area contributed by atoms with Crippen LogP contribution < -0.4 is 11.1 Å². The molecule has 0 fully saturated rings. The molecule has 3 aromatic rings. The lowest BCUT2D eigenvalue weighted by molar-refractivity contribution is 0.103. The van der Waals surface area contributed by atoms with Crippen molar-refractivity contribution in [2.75, 3.05) is 11.1 Å². The van der Waals surface area contributed by atoms with Gasteiger partial charge in [0.1, 0.15) is 5.82 Å². The number of carbonyl (C=O) groups is 1. The number of amides is 1. The number of fused-ring (bicyclic) bond motifs is 1. The normalized spacial score (nSPS) is 10.8. The third-order valence-electron chi connectivity index (χ3n) is 3.03. The SMILES string of the molecule is Cc1nc(NC(=O)c2cc3cc(N)ccc3s2)ccc1Br. The van der Waals surface area contributed by atoms with Gasteiger partial charge in [0.15, 0.2) is 0 Å². The Morgan fingerprint density at radius 2 is 2.10 bits per heavy atom. The molecule has 3 N–H and O–H groups in total. The molecule has 0 saturated carbocycles. The Hall–Kier alpha value is -1.92. The van der Waals surface area contributed by atoms with Crippen LogP contribution in [0, 0.1) is 6.92 Å². The number of carbonyl (C=O) groups excluding carboxylic acids is 1. The molecule has 6 heteroatoms. The number of rotatable bonds is 2. The molecule has 2 aromatic heterocycles. The van der Waals surface area contributed by atoms with Crippen molar-refractivity contribution >= 4 is 54.8 Å². The maximum absolute atomic E-state index is 12.3. The predicted molar refractivity (Wildman–Crippen MR) is 90.9 cm³/mol. The number of aromatic nitrogens is 1. The van der Waals surface area contributed by atoms with Crippen LogP contribution in [0.1, 0.15) is 15.4 Å². The summed E-state index contributed by atoms with van der Waals surface area (Å²) in [6.07, 6.45) is 0. The summed E-state index contributed by atoms with van der Waals surface area (Å²) in [6.45, 7) is 1.88. The zero-order valence-corrected chi connectivity index (χ0v) is 13.6. The van der Waals surface area contributed by atoms with E-state index in [4.69, 9.17) is 5.73 Å². The van der Waals surface area contributed by atoms with Crippen molar-refractivity contribution in [3.8, 4) is 0 Å². The van der Waals surface area contributed by atoms with Gasteiger partial charge < -0.3 is 11.1 Å². The molecule has 2 heterocycles. The Kier molecular flexibility index (Phi) is 3.65. The van der Waals surface area contributed by atoms with Crippen molar-refractivity contribution in [2.24, 2.45) is 0 Å². The molecular formula is C15H12BrN3OS. The number of nitrogens with zero attached hydrogens (tertiary/aromatic N) is 1. The van der Waals surface area contributed by atoms with Gasteiger partial charge in [0.05, 0.1) is 10.6 Å². The van der Waals surface area contributed by atoms with Gasteiger partial charge in [-0.2, -0.15) is 0 Å². The summed E-state index contributed by atoms with van der Waals surface area (Å²) in [5.41, 5.74) is 7.28. The fourth-order valence-electron chi connectivity index (χ4n) is 1.97. The second kappa shape index (κ2) is 5.46. The molecule has 0 spiro atoms. The van der Waals surface area contributed by atoms with Crippen LogP contribution in [0.25, 0.3) is 10.1 Å². The van der Waals surface area contributed by atoms with Crippen molar-refractivity contribution in [3.05, 3.63) is 51.4 Å². The molecule has 0 aliphatic rings. The minimum absolute atomic E-state index is 0.163. The van der Waals surface area contributed by atoms with E-state index in [-0.39, 0.29) is 5.91 Å². The summed E-state index contributed by atoms with van der Waals surface area (Å²) < 4.78 is 1.95. The number of nitrogen functional groups attached to an aromatic ring is 1. The van der Waals surface area contributed by atoms with Gasteiger partial charge in [-0.05, 0) is 64.6 Å². The lowest BCUT2D eigenvalue weighted by atomic mass is 10.2. The summed E-state index contributed by atoms with van der Waals surface area (Å²) in [6, 6.07) is 11.1. The standard InChI is InChI=1S/C15H12BrN3OS/c1-8-11(16)3-5-14(18-8)19-15(20)13-7-9-6-10(17)2-4-12(9)21-13/h2-7H,17H2,1H3,(H,18,19,20). The molecule has 21 heavy (non-hydrogen) atoms. The number of hydrogen-bond donors (Lipinski definition) is 2. The molecule has 106 valence electrons. The molecule has 4 nitrogen and oxygen atoms in total. The predicted octanol–water partition coefficient (Wildman–Crippen LogP) is 4.20. The number of aryl methyl sites for hydroxylation is 1. The molecule has 0 atom stereocenters. The van der Waals surface area contributed by atoms with Crippen LogP contribution in [0.15, 0.2) is 40.9 Å². The van der Waals surface area contributed by atoms with Crippen molar-refractivity contribution in [2.45, 2.75) is 6.92 Å². The minimum Gasteiger partial charge on any atom is -0.399 e. The van der Waals surface area contributed by atoms with Crippen LogP contribution in [0.3, 0.4) is 0 Å². The Balaban J connectivity index is 1.87. The highest BCUT2D eigenvalue weighted by atomic mass is 79.9. The lowest BCUT2D eigenvalue weighted by Gasteiger charge is -2.04. The average Bonchev–Trinajstić information content (AvgIpc) is 2.86. The average molecular weight is 362 g/mol. The van der Waals surface area contributed by atoms with Crippen molar-refractivity contribution in [1.29, 1.82) is 0 Å². The quantitative estimate of drug-likeness (QED) is 0.672. The zero-order valence-electron chi connectivity index (χ0n) is 11.2. The number of nitrogens with two attached hydrogens (primary N) is 1. The summed E-state index contributed by atoms with van der Waals surface area (Å²) in [4.78, 5) is 17.2. The number of benzene rings is 1. The van der Waals surface area contributed by atoms with E-state index < -0.39 is 0 Å². The monoisotopic (exact) mass is 361 g/mol. The topological polar surface area (TPSA) is 68.0 Å². The molecule has 0 unspecified atom stereocenters. The van der Waals surface area contributed by atoms with Crippen LogP contribution >= 0.6 is 27.3 Å². The van der Waals surface area contributed by atoms with Crippen LogP contribution in [0.5, 0.6) is 0 Å². The molecule has 0 saturated heterocycles. The molecule has 3 rings (SSSR count). The third-order valence-corrected chi connectivity index (χ3v) is 4.98. The Morgan fingerprint density at radius 3 is 2.86 bits per heavy atom. The largest absolute Gasteiger partial charge is 0.399 e. The first-order valence-electron chi connectivity index (χ1n) is 6.26. The molecule has 0 radical (unpaired) electrons. The van der Waals surface area contributed by atoms with Gasteiger partial charge in [0, 0.05) is 14.9 Å². The second-order valence-corrected chi connectivity index (χ2v) is 6.56. The highest BCUT2D eigenvalue weighted by molar-refractivity contribution is 9.10. The van der Waals surface area contributed by atoms with Gasteiger partial charge in [0.25, 0.3) is 5.91 Å². The molecule has 0 bridgehead atoms. The van der Waals surface area contributed by atoms with E-state index in [2.05, 4.69) is 26.2 Å². The Morgan fingerprint density at radius 1 is 1.29 bits per heavy atom. The number of hydrogen-bond acceptors (Lipinski definition) is 4. The van der Waals surface area contributed by atoms with Gasteiger partial charge in [-0.1, -0.05) is 0 Å². The van der Waals surface area contributed by atoms with Gasteiger partial charge >= 0.3 is 0 Å². The number of halogens is 1. The molecule has 1 amide bonds. The Labute approximate surface area is 134 Å². The van der Waals surface area contributed by atoms with Crippen molar-refractivity contribution < 1.29 is 4.79 Å². The van der Waals surface area contributed by atoms with E-state index in [1.165, 1.54) is 11.3 Å². The summed E-state index contributed by atoms with van der Waals surface area (Å²) in [5, 5.41) is 3.79. The van der Waals surface area contributed by atoms with Crippen LogP contribution in [0.2, 0.25) is 0 Å². The highest BCUT2D eigenvalue weighted by Gasteiger charge is 2.11. The van der Waals surface area contributed by atoms with Crippen molar-refractivity contribution in [3.63, 3.8) is 0 Å². The van der Waals surface area contributed by atoms with E-state index >= 15 is 0 Å². The minimum atomic E-state index is -0.163. The van der Waals surface area contributed by atoms with Gasteiger partial charge in [-0.25, -0.2) is 4.98 Å². The fraction of sp³-hybridized carbons (Fsp3) is 0.0667. The lowest BCUT2D eigenvalue weighted by Crippen LogP contribution is -2.11. The number of anilines is 2. The van der Waals surface area contributed by atoms with Gasteiger partial charge in [0.2, 0.25) is 0 Å². The number of thiophene rings is 1. The summed E-state index contributed by atoms with van der Waals surface area (Å²) in [7, 11) is 0. The summed E-state index contributed by atoms with van der Waals surface area (Å²) >= 11 is 4.82. The van der Waals surface area contributed by atoms with E-state index in [1.54, 1.807) is 6.07 Å². The van der Waals surface area contributed by atoms with E-state index in [0.29, 0.717) is 16.4 Å². The first-order chi connectivity index (χ1) is 10.0. The first kappa shape index (κ1) is 14.0. The van der Waals surface area contributed by atoms with E-state index in [0.717, 1.165) is 20.3 Å². The molecular weight excluding hydrogens is 350 g/mol. The van der Waals surface area contributed by atoms with E-state index in [1.807, 2.05) is 37.3 Å². The number of pyridine rings is 1. The van der Waals surface area contributed by atoms with Gasteiger partial charge in [-0.15, -0.1) is 11.3 Å². The van der Waals surface area contributed by atoms with E-state index in [9.17, 15) is 4.79 Å². The maximum atomic E-state index is 12.3. The second-order valence-electron chi connectivity index (χ2n) is 4.63. The maximum Gasteiger partial charge on any atom is 0.266 e. The zero-order chi connectivity index (χ0) is 15.0. The first-order valence-corrected chi connectivity index (χ1v) is 7.87. The van der Waals surface area contributed by atoms with Crippen LogP contribution in [-0.2, 0) is 0 Å².